The number of hydrogen-bond donors (Lipinski definition) is 2. The summed E-state index contributed by atoms with van der Waals surface area (Å²) in [6.07, 6.45) is 0.614. The molecule has 0 saturated carbocycles. The summed E-state index contributed by atoms with van der Waals surface area (Å²) in [6.45, 7) is 4.25. The molecule has 2 aromatic carbocycles. The van der Waals surface area contributed by atoms with Crippen molar-refractivity contribution in [3.63, 3.8) is 0 Å². The van der Waals surface area contributed by atoms with Gasteiger partial charge in [-0.3, -0.25) is 9.59 Å². The molecule has 2 rings (SSSR count). The summed E-state index contributed by atoms with van der Waals surface area (Å²) in [6, 6.07) is 13.1. The van der Waals surface area contributed by atoms with Gasteiger partial charge in [-0.25, -0.2) is 0 Å². The molecule has 0 bridgehead atoms. The molecular formula is C18H19ClN2O2. The van der Waals surface area contributed by atoms with Crippen LogP contribution in [0.1, 0.15) is 16.7 Å². The number of carbonyl (C=O) groups excluding carboxylic acids is 2. The van der Waals surface area contributed by atoms with Crippen molar-refractivity contribution >= 4 is 29.1 Å². The molecule has 2 N–H and O–H groups in total. The SMILES string of the molecule is Cc1cc(C)cc(NC(=O)C(=O)NCCc2cccc(Cl)c2)c1. The van der Waals surface area contributed by atoms with Crippen LogP contribution in [0.25, 0.3) is 0 Å². The van der Waals surface area contributed by atoms with Crippen molar-refractivity contribution in [3.05, 3.63) is 64.2 Å². The lowest BCUT2D eigenvalue weighted by Gasteiger charge is -2.08. The normalized spacial score (nSPS) is 10.2. The number of halogens is 1. The van der Waals surface area contributed by atoms with Gasteiger partial charge < -0.3 is 10.6 Å². The number of aryl methyl sites for hydroxylation is 2. The van der Waals surface area contributed by atoms with Gasteiger partial charge in [-0.15, -0.1) is 0 Å². The van der Waals surface area contributed by atoms with E-state index in [-0.39, 0.29) is 0 Å². The van der Waals surface area contributed by atoms with Crippen LogP contribution in [0.4, 0.5) is 5.69 Å². The van der Waals surface area contributed by atoms with E-state index >= 15 is 0 Å². The molecule has 0 unspecified atom stereocenters. The highest BCUT2D eigenvalue weighted by atomic mass is 35.5. The van der Waals surface area contributed by atoms with E-state index in [1.54, 1.807) is 6.07 Å². The number of rotatable bonds is 4. The molecule has 0 aliphatic heterocycles. The maximum Gasteiger partial charge on any atom is 0.313 e. The van der Waals surface area contributed by atoms with Crippen LogP contribution in [0, 0.1) is 13.8 Å². The first kappa shape index (κ1) is 17.0. The average molecular weight is 331 g/mol. The third kappa shape index (κ3) is 5.42. The molecule has 0 aromatic heterocycles. The quantitative estimate of drug-likeness (QED) is 0.845. The molecule has 5 heteroatoms. The molecular weight excluding hydrogens is 312 g/mol. The van der Waals surface area contributed by atoms with Crippen molar-refractivity contribution in [2.24, 2.45) is 0 Å². The second kappa shape index (κ2) is 7.79. The molecule has 0 aliphatic carbocycles. The van der Waals surface area contributed by atoms with E-state index in [4.69, 9.17) is 11.6 Å². The minimum Gasteiger partial charge on any atom is -0.347 e. The van der Waals surface area contributed by atoms with Crippen LogP contribution in [-0.4, -0.2) is 18.4 Å². The van der Waals surface area contributed by atoms with Crippen molar-refractivity contribution in [2.75, 3.05) is 11.9 Å². The minimum absolute atomic E-state index is 0.374. The van der Waals surface area contributed by atoms with E-state index in [1.165, 1.54) is 0 Å². The highest BCUT2D eigenvalue weighted by Gasteiger charge is 2.13. The largest absolute Gasteiger partial charge is 0.347 e. The number of nitrogens with one attached hydrogen (secondary N) is 2. The summed E-state index contributed by atoms with van der Waals surface area (Å²) < 4.78 is 0. The van der Waals surface area contributed by atoms with Gasteiger partial charge in [-0.2, -0.15) is 0 Å². The molecule has 0 fully saturated rings. The maximum absolute atomic E-state index is 11.9. The van der Waals surface area contributed by atoms with Gasteiger partial charge in [0.1, 0.15) is 0 Å². The van der Waals surface area contributed by atoms with Gasteiger partial charge in [0.2, 0.25) is 0 Å². The number of carbonyl (C=O) groups is 2. The van der Waals surface area contributed by atoms with E-state index in [0.29, 0.717) is 23.7 Å². The van der Waals surface area contributed by atoms with Crippen molar-refractivity contribution in [1.29, 1.82) is 0 Å². The van der Waals surface area contributed by atoms with Gasteiger partial charge in [0.15, 0.2) is 0 Å². The number of hydrogen-bond acceptors (Lipinski definition) is 2. The Morgan fingerprint density at radius 2 is 1.70 bits per heavy atom. The van der Waals surface area contributed by atoms with Gasteiger partial charge in [0.05, 0.1) is 0 Å². The summed E-state index contributed by atoms with van der Waals surface area (Å²) in [5, 5.41) is 5.87. The fourth-order valence-corrected chi connectivity index (χ4v) is 2.54. The van der Waals surface area contributed by atoms with Crippen molar-refractivity contribution in [1.82, 2.24) is 5.32 Å². The number of amides is 2. The van der Waals surface area contributed by atoms with Crippen LogP contribution >= 0.6 is 11.6 Å². The summed E-state index contributed by atoms with van der Waals surface area (Å²) in [7, 11) is 0. The zero-order valence-corrected chi connectivity index (χ0v) is 13.9. The van der Waals surface area contributed by atoms with Crippen LogP contribution in [0.15, 0.2) is 42.5 Å². The van der Waals surface area contributed by atoms with Crippen LogP contribution in [0.2, 0.25) is 5.02 Å². The fourth-order valence-electron chi connectivity index (χ4n) is 2.33. The third-order valence-corrected chi connectivity index (χ3v) is 3.51. The fraction of sp³-hybridized carbons (Fsp3) is 0.222. The van der Waals surface area contributed by atoms with Gasteiger partial charge in [0.25, 0.3) is 0 Å². The Labute approximate surface area is 140 Å². The first-order valence-corrected chi connectivity index (χ1v) is 7.74. The Morgan fingerprint density at radius 3 is 2.35 bits per heavy atom. The lowest BCUT2D eigenvalue weighted by molar-refractivity contribution is -0.136. The smallest absolute Gasteiger partial charge is 0.313 e. The summed E-state index contributed by atoms with van der Waals surface area (Å²) in [5.41, 5.74) is 3.69. The summed E-state index contributed by atoms with van der Waals surface area (Å²) in [5.74, 6) is -1.31. The molecule has 0 aliphatic rings. The Balaban J connectivity index is 1.84. The Morgan fingerprint density at radius 1 is 1.00 bits per heavy atom. The van der Waals surface area contributed by atoms with Gasteiger partial charge in [-0.05, 0) is 61.2 Å². The molecule has 2 aromatic rings. The Hall–Kier alpha value is -2.33. The summed E-state index contributed by atoms with van der Waals surface area (Å²) >= 11 is 5.90. The molecule has 0 radical (unpaired) electrons. The lowest BCUT2D eigenvalue weighted by Crippen LogP contribution is -2.36. The highest BCUT2D eigenvalue weighted by Crippen LogP contribution is 2.13. The molecule has 23 heavy (non-hydrogen) atoms. The molecule has 0 heterocycles. The Kier molecular flexibility index (Phi) is 5.77. The average Bonchev–Trinajstić information content (AvgIpc) is 2.46. The van der Waals surface area contributed by atoms with E-state index in [9.17, 15) is 9.59 Å². The van der Waals surface area contributed by atoms with Gasteiger partial charge >= 0.3 is 11.8 Å². The topological polar surface area (TPSA) is 58.2 Å². The lowest BCUT2D eigenvalue weighted by atomic mass is 10.1. The standard InChI is InChI=1S/C18H19ClN2O2/c1-12-8-13(2)10-16(9-12)21-18(23)17(22)20-7-6-14-4-3-5-15(19)11-14/h3-5,8-11H,6-7H2,1-2H3,(H,20,22)(H,21,23). The van der Waals surface area contributed by atoms with Gasteiger partial charge in [0, 0.05) is 17.3 Å². The molecule has 0 saturated heterocycles. The molecule has 120 valence electrons. The maximum atomic E-state index is 11.9. The third-order valence-electron chi connectivity index (χ3n) is 3.27. The number of benzene rings is 2. The second-order valence-electron chi connectivity index (χ2n) is 5.47. The van der Waals surface area contributed by atoms with Crippen molar-refractivity contribution in [2.45, 2.75) is 20.3 Å². The van der Waals surface area contributed by atoms with Crippen LogP contribution in [0.5, 0.6) is 0 Å². The second-order valence-corrected chi connectivity index (χ2v) is 5.90. The van der Waals surface area contributed by atoms with E-state index in [1.807, 2.05) is 50.2 Å². The van der Waals surface area contributed by atoms with Gasteiger partial charge in [-0.1, -0.05) is 29.8 Å². The highest BCUT2D eigenvalue weighted by molar-refractivity contribution is 6.39. The Bertz CT molecular complexity index is 708. The zero-order valence-electron chi connectivity index (χ0n) is 13.2. The molecule has 4 nitrogen and oxygen atoms in total. The first-order chi connectivity index (χ1) is 10.9. The monoisotopic (exact) mass is 330 g/mol. The van der Waals surface area contributed by atoms with E-state index < -0.39 is 11.8 Å². The van der Waals surface area contributed by atoms with Crippen LogP contribution < -0.4 is 10.6 Å². The van der Waals surface area contributed by atoms with E-state index in [0.717, 1.165) is 16.7 Å². The summed E-state index contributed by atoms with van der Waals surface area (Å²) in [4.78, 5) is 23.7. The van der Waals surface area contributed by atoms with Crippen LogP contribution in [0.3, 0.4) is 0 Å². The predicted octanol–water partition coefficient (Wildman–Crippen LogP) is 3.25. The van der Waals surface area contributed by atoms with Crippen molar-refractivity contribution < 1.29 is 9.59 Å². The zero-order chi connectivity index (χ0) is 16.8. The molecule has 2 amide bonds. The van der Waals surface area contributed by atoms with Crippen molar-refractivity contribution in [3.8, 4) is 0 Å². The van der Waals surface area contributed by atoms with Crippen LogP contribution in [-0.2, 0) is 16.0 Å². The predicted molar refractivity (Wildman–Crippen MR) is 92.7 cm³/mol. The van der Waals surface area contributed by atoms with E-state index in [2.05, 4.69) is 10.6 Å². The molecule has 0 atom stereocenters. The number of anilines is 1. The molecule has 0 spiro atoms. The minimum atomic E-state index is -0.666. The first-order valence-electron chi connectivity index (χ1n) is 7.36.